The lowest BCUT2D eigenvalue weighted by atomic mass is 10.1. The van der Waals surface area contributed by atoms with Gasteiger partial charge in [-0.1, -0.05) is 6.07 Å². The summed E-state index contributed by atoms with van der Waals surface area (Å²) < 4.78 is 18.5. The van der Waals surface area contributed by atoms with Gasteiger partial charge in [0.2, 0.25) is 0 Å². The predicted molar refractivity (Wildman–Crippen MR) is 61.0 cm³/mol. The van der Waals surface area contributed by atoms with Gasteiger partial charge < -0.3 is 9.84 Å². The molecule has 0 saturated carbocycles. The SMILES string of the molecule is COCCN(C)C(C)c1ccc(O)cc1F. The van der Waals surface area contributed by atoms with Crippen LogP contribution in [0.25, 0.3) is 0 Å². The molecule has 1 atom stereocenters. The number of ether oxygens (including phenoxy) is 1. The maximum atomic E-state index is 13.6. The van der Waals surface area contributed by atoms with Crippen LogP contribution in [-0.2, 0) is 4.74 Å². The topological polar surface area (TPSA) is 32.7 Å². The molecule has 1 rings (SSSR count). The third kappa shape index (κ3) is 3.18. The van der Waals surface area contributed by atoms with Crippen molar-refractivity contribution in [2.45, 2.75) is 13.0 Å². The van der Waals surface area contributed by atoms with Crippen LogP contribution >= 0.6 is 0 Å². The van der Waals surface area contributed by atoms with E-state index in [9.17, 15) is 4.39 Å². The summed E-state index contributed by atoms with van der Waals surface area (Å²) in [5.41, 5.74) is 0.580. The molecule has 0 saturated heterocycles. The van der Waals surface area contributed by atoms with Gasteiger partial charge in [0, 0.05) is 31.3 Å². The van der Waals surface area contributed by atoms with Crippen LogP contribution in [0.15, 0.2) is 18.2 Å². The van der Waals surface area contributed by atoms with Gasteiger partial charge in [0.25, 0.3) is 0 Å². The Hall–Kier alpha value is -1.13. The zero-order chi connectivity index (χ0) is 12.1. The van der Waals surface area contributed by atoms with Crippen molar-refractivity contribution in [1.29, 1.82) is 0 Å². The zero-order valence-electron chi connectivity index (χ0n) is 9.90. The van der Waals surface area contributed by atoms with Gasteiger partial charge in [0.05, 0.1) is 6.61 Å². The van der Waals surface area contributed by atoms with Gasteiger partial charge in [-0.25, -0.2) is 4.39 Å². The normalized spacial score (nSPS) is 13.1. The van der Waals surface area contributed by atoms with Gasteiger partial charge >= 0.3 is 0 Å². The second kappa shape index (κ2) is 5.82. The van der Waals surface area contributed by atoms with Crippen molar-refractivity contribution >= 4 is 0 Å². The lowest BCUT2D eigenvalue weighted by molar-refractivity contribution is 0.142. The molecule has 3 nitrogen and oxygen atoms in total. The van der Waals surface area contributed by atoms with E-state index in [1.807, 2.05) is 18.9 Å². The number of rotatable bonds is 5. The second-order valence-electron chi connectivity index (χ2n) is 3.86. The van der Waals surface area contributed by atoms with Crippen molar-refractivity contribution in [2.24, 2.45) is 0 Å². The number of hydrogen-bond donors (Lipinski definition) is 1. The van der Waals surface area contributed by atoms with Gasteiger partial charge in [0.1, 0.15) is 11.6 Å². The van der Waals surface area contributed by atoms with E-state index in [0.717, 1.165) is 12.6 Å². The lowest BCUT2D eigenvalue weighted by Crippen LogP contribution is -2.26. The maximum Gasteiger partial charge on any atom is 0.131 e. The summed E-state index contributed by atoms with van der Waals surface area (Å²) in [6, 6.07) is 4.20. The van der Waals surface area contributed by atoms with Crippen molar-refractivity contribution < 1.29 is 14.2 Å². The van der Waals surface area contributed by atoms with Crippen molar-refractivity contribution in [1.82, 2.24) is 4.90 Å². The smallest absolute Gasteiger partial charge is 0.131 e. The molecule has 0 spiro atoms. The standard InChI is InChI=1S/C12H18FNO2/c1-9(14(2)6-7-16-3)11-5-4-10(15)8-12(11)13/h4-5,8-9,15H,6-7H2,1-3H3. The van der Waals surface area contributed by atoms with Crippen LogP contribution in [0.2, 0.25) is 0 Å². The molecule has 0 bridgehead atoms. The highest BCUT2D eigenvalue weighted by Crippen LogP contribution is 2.24. The quantitative estimate of drug-likeness (QED) is 0.836. The molecule has 90 valence electrons. The molecule has 16 heavy (non-hydrogen) atoms. The van der Waals surface area contributed by atoms with Crippen molar-refractivity contribution in [3.63, 3.8) is 0 Å². The first kappa shape index (κ1) is 12.9. The summed E-state index contributed by atoms with van der Waals surface area (Å²) in [6.45, 7) is 3.27. The number of likely N-dealkylation sites (N-methyl/N-ethyl adjacent to an activating group) is 1. The Morgan fingerprint density at radius 3 is 2.75 bits per heavy atom. The van der Waals surface area contributed by atoms with E-state index < -0.39 is 0 Å². The average molecular weight is 227 g/mol. The summed E-state index contributed by atoms with van der Waals surface area (Å²) >= 11 is 0. The first-order valence-electron chi connectivity index (χ1n) is 5.24. The second-order valence-corrected chi connectivity index (χ2v) is 3.86. The molecule has 0 fully saturated rings. The summed E-state index contributed by atoms with van der Waals surface area (Å²) in [6.07, 6.45) is 0. The predicted octanol–water partition coefficient (Wildman–Crippen LogP) is 2.17. The minimum Gasteiger partial charge on any atom is -0.508 e. The van der Waals surface area contributed by atoms with Gasteiger partial charge in [-0.15, -0.1) is 0 Å². The summed E-state index contributed by atoms with van der Waals surface area (Å²) in [5, 5.41) is 9.13. The largest absolute Gasteiger partial charge is 0.508 e. The van der Waals surface area contributed by atoms with E-state index >= 15 is 0 Å². The van der Waals surface area contributed by atoms with Gasteiger partial charge in [-0.05, 0) is 20.0 Å². The Bertz CT molecular complexity index is 344. The minimum absolute atomic E-state index is 0.0456. The Labute approximate surface area is 95.5 Å². The zero-order valence-corrected chi connectivity index (χ0v) is 9.90. The lowest BCUT2D eigenvalue weighted by Gasteiger charge is -2.25. The summed E-state index contributed by atoms with van der Waals surface area (Å²) in [7, 11) is 3.55. The van der Waals surface area contributed by atoms with Crippen LogP contribution in [0.5, 0.6) is 5.75 Å². The molecule has 4 heteroatoms. The summed E-state index contributed by atoms with van der Waals surface area (Å²) in [5.74, 6) is -0.426. The number of hydrogen-bond acceptors (Lipinski definition) is 3. The van der Waals surface area contributed by atoms with E-state index in [2.05, 4.69) is 0 Å². The number of aromatic hydroxyl groups is 1. The van der Waals surface area contributed by atoms with Crippen molar-refractivity contribution in [3.05, 3.63) is 29.6 Å². The maximum absolute atomic E-state index is 13.6. The van der Waals surface area contributed by atoms with E-state index in [1.165, 1.54) is 6.07 Å². The molecule has 1 unspecified atom stereocenters. The van der Waals surface area contributed by atoms with E-state index in [-0.39, 0.29) is 17.6 Å². The van der Waals surface area contributed by atoms with Crippen LogP contribution in [0.3, 0.4) is 0 Å². The highest BCUT2D eigenvalue weighted by molar-refractivity contribution is 5.29. The first-order valence-corrected chi connectivity index (χ1v) is 5.24. The fourth-order valence-electron chi connectivity index (χ4n) is 1.52. The van der Waals surface area contributed by atoms with Gasteiger partial charge in [-0.2, -0.15) is 0 Å². The third-order valence-corrected chi connectivity index (χ3v) is 2.74. The Kier molecular flexibility index (Phi) is 4.71. The molecule has 0 aliphatic rings. The highest BCUT2D eigenvalue weighted by Gasteiger charge is 2.15. The van der Waals surface area contributed by atoms with Crippen molar-refractivity contribution in [3.8, 4) is 5.75 Å². The highest BCUT2D eigenvalue weighted by atomic mass is 19.1. The van der Waals surface area contributed by atoms with E-state index in [0.29, 0.717) is 12.2 Å². The number of halogens is 1. The number of benzene rings is 1. The van der Waals surface area contributed by atoms with Crippen LogP contribution in [0, 0.1) is 5.82 Å². The average Bonchev–Trinajstić information content (AvgIpc) is 2.25. The van der Waals surface area contributed by atoms with Crippen LogP contribution in [0.4, 0.5) is 4.39 Å². The molecule has 0 heterocycles. The molecule has 0 radical (unpaired) electrons. The van der Waals surface area contributed by atoms with Gasteiger partial charge in [-0.3, -0.25) is 4.90 Å². The minimum atomic E-state index is -0.378. The Balaban J connectivity index is 2.75. The van der Waals surface area contributed by atoms with Gasteiger partial charge in [0.15, 0.2) is 0 Å². The number of phenolic OH excluding ortho intramolecular Hbond substituents is 1. The van der Waals surface area contributed by atoms with E-state index in [4.69, 9.17) is 9.84 Å². The molecule has 1 N–H and O–H groups in total. The fraction of sp³-hybridized carbons (Fsp3) is 0.500. The Morgan fingerprint density at radius 1 is 1.50 bits per heavy atom. The van der Waals surface area contributed by atoms with Crippen LogP contribution < -0.4 is 0 Å². The summed E-state index contributed by atoms with van der Waals surface area (Å²) in [4.78, 5) is 2.00. The molecular weight excluding hydrogens is 209 g/mol. The third-order valence-electron chi connectivity index (χ3n) is 2.74. The first-order chi connectivity index (χ1) is 7.56. The molecule has 0 amide bonds. The Morgan fingerprint density at radius 2 is 2.19 bits per heavy atom. The number of phenols is 1. The fourth-order valence-corrected chi connectivity index (χ4v) is 1.52. The molecular formula is C12H18FNO2. The molecule has 1 aromatic rings. The van der Waals surface area contributed by atoms with Crippen LogP contribution in [0.1, 0.15) is 18.5 Å². The molecule has 0 aliphatic heterocycles. The van der Waals surface area contributed by atoms with E-state index in [1.54, 1.807) is 13.2 Å². The molecule has 1 aromatic carbocycles. The van der Waals surface area contributed by atoms with Crippen LogP contribution in [-0.4, -0.2) is 37.3 Å². The number of methoxy groups -OCH3 is 1. The molecule has 0 aliphatic carbocycles. The number of nitrogens with zero attached hydrogens (tertiary/aromatic N) is 1. The molecule has 0 aromatic heterocycles. The monoisotopic (exact) mass is 227 g/mol. The van der Waals surface area contributed by atoms with Crippen molar-refractivity contribution in [2.75, 3.05) is 27.3 Å².